The Morgan fingerprint density at radius 3 is 2.27 bits per heavy atom. The highest BCUT2D eigenvalue weighted by Crippen LogP contribution is 2.34. The highest BCUT2D eigenvalue weighted by Gasteiger charge is 2.34. The fourth-order valence-electron chi connectivity index (χ4n) is 3.19. The van der Waals surface area contributed by atoms with Gasteiger partial charge in [-0.05, 0) is 56.3 Å². The summed E-state index contributed by atoms with van der Waals surface area (Å²) in [6, 6.07) is 10.9. The van der Waals surface area contributed by atoms with E-state index in [9.17, 15) is 22.0 Å². The van der Waals surface area contributed by atoms with Crippen molar-refractivity contribution in [1.82, 2.24) is 24.7 Å². The first-order valence-corrected chi connectivity index (χ1v) is 9.94. The summed E-state index contributed by atoms with van der Waals surface area (Å²) in [5.74, 6) is -1.83. The number of nitrogens with zero attached hydrogens (tertiary/aromatic N) is 5. The molecule has 0 unspecified atom stereocenters. The number of halogens is 6. The van der Waals surface area contributed by atoms with Crippen LogP contribution in [0.4, 0.5) is 22.0 Å². The summed E-state index contributed by atoms with van der Waals surface area (Å²) in [6.45, 7) is 3.57. The zero-order chi connectivity index (χ0) is 24.0. The summed E-state index contributed by atoms with van der Waals surface area (Å²) in [5, 5.41) is 3.80. The van der Waals surface area contributed by atoms with Crippen LogP contribution in [0.5, 0.6) is 0 Å². The maximum atomic E-state index is 14.2. The molecule has 0 N–H and O–H groups in total. The number of alkyl halides is 3. The molecule has 4 aromatic heterocycles. The zero-order valence-electron chi connectivity index (χ0n) is 17.2. The first-order chi connectivity index (χ1) is 15.4. The van der Waals surface area contributed by atoms with E-state index in [4.69, 9.17) is 11.6 Å². The summed E-state index contributed by atoms with van der Waals surface area (Å²) in [4.78, 5) is 12.1. The van der Waals surface area contributed by atoms with Gasteiger partial charge in [0.25, 0.3) is 0 Å². The molecular weight excluding hydrogens is 465 g/mol. The van der Waals surface area contributed by atoms with E-state index in [-0.39, 0.29) is 22.1 Å². The predicted molar refractivity (Wildman–Crippen MR) is 111 cm³/mol. The lowest BCUT2D eigenvalue weighted by Crippen LogP contribution is -2.23. The van der Waals surface area contributed by atoms with Crippen LogP contribution in [0.1, 0.15) is 30.9 Å². The Bertz CT molecular complexity index is 1330. The van der Waals surface area contributed by atoms with E-state index in [0.29, 0.717) is 11.4 Å². The molecule has 0 spiro atoms. The molecule has 0 aliphatic rings. The molecule has 5 nitrogen and oxygen atoms in total. The van der Waals surface area contributed by atoms with Gasteiger partial charge in [0.15, 0.2) is 11.5 Å². The molecule has 0 saturated heterocycles. The van der Waals surface area contributed by atoms with Crippen molar-refractivity contribution in [1.29, 1.82) is 0 Å². The zero-order valence-corrected chi connectivity index (χ0v) is 18.0. The fourth-order valence-corrected chi connectivity index (χ4v) is 3.40. The largest absolute Gasteiger partial charge is 0.435 e. The minimum atomic E-state index is -4.58. The van der Waals surface area contributed by atoms with E-state index < -0.39 is 29.2 Å². The van der Waals surface area contributed by atoms with Crippen LogP contribution in [0.15, 0.2) is 54.7 Å². The average Bonchev–Trinajstić information content (AvgIpc) is 3.24. The van der Waals surface area contributed by atoms with E-state index in [1.54, 1.807) is 32.0 Å². The molecule has 4 aromatic rings. The quantitative estimate of drug-likeness (QED) is 0.266. The van der Waals surface area contributed by atoms with Crippen LogP contribution in [-0.2, 0) is 11.6 Å². The smallest absolute Gasteiger partial charge is 0.252 e. The molecule has 0 aliphatic heterocycles. The van der Waals surface area contributed by atoms with Gasteiger partial charge in [-0.25, -0.2) is 9.67 Å². The highest BCUT2D eigenvalue weighted by atomic mass is 35.5. The molecule has 0 saturated carbocycles. The van der Waals surface area contributed by atoms with Gasteiger partial charge in [-0.1, -0.05) is 17.7 Å². The van der Waals surface area contributed by atoms with Crippen LogP contribution in [-0.4, -0.2) is 24.7 Å². The van der Waals surface area contributed by atoms with E-state index in [1.165, 1.54) is 24.4 Å². The third-order valence-corrected chi connectivity index (χ3v) is 5.23. The van der Waals surface area contributed by atoms with Crippen molar-refractivity contribution in [3.63, 3.8) is 0 Å². The SMILES string of the molecule is CC(C)(c1cc(Cl)cc(-c2ccc(F)nc2F)n1)c1cccc(-n2ccc(C(F)(F)F)n2)n1. The van der Waals surface area contributed by atoms with Crippen molar-refractivity contribution < 1.29 is 22.0 Å². The third kappa shape index (κ3) is 4.56. The molecule has 11 heteroatoms. The van der Waals surface area contributed by atoms with Gasteiger partial charge in [-0.15, -0.1) is 0 Å². The van der Waals surface area contributed by atoms with Crippen molar-refractivity contribution >= 4 is 11.6 Å². The second-order valence-electron chi connectivity index (χ2n) is 7.68. The minimum absolute atomic E-state index is 0.0334. The Balaban J connectivity index is 1.75. The summed E-state index contributed by atoms with van der Waals surface area (Å²) in [6.07, 6.45) is -3.41. The monoisotopic (exact) mass is 479 g/mol. The first-order valence-electron chi connectivity index (χ1n) is 9.56. The van der Waals surface area contributed by atoms with E-state index in [0.717, 1.165) is 16.8 Å². The highest BCUT2D eigenvalue weighted by molar-refractivity contribution is 6.30. The number of rotatable bonds is 4. The summed E-state index contributed by atoms with van der Waals surface area (Å²) in [7, 11) is 0. The van der Waals surface area contributed by atoms with E-state index in [1.807, 2.05) is 0 Å². The number of pyridine rings is 3. The Morgan fingerprint density at radius 2 is 1.61 bits per heavy atom. The van der Waals surface area contributed by atoms with E-state index >= 15 is 0 Å². The molecule has 0 radical (unpaired) electrons. The van der Waals surface area contributed by atoms with Crippen molar-refractivity contribution in [3.05, 3.63) is 88.7 Å². The van der Waals surface area contributed by atoms with Crippen LogP contribution < -0.4 is 0 Å². The van der Waals surface area contributed by atoms with Crippen molar-refractivity contribution in [2.24, 2.45) is 0 Å². The standard InChI is InChI=1S/C22H15ClF5N5/c1-21(2,15-4-3-5-19(30-15)33-9-8-16(32-33)22(26,27)28)17-11-12(23)10-14(29-17)13-6-7-18(24)31-20(13)25/h3-11H,1-2H3. The summed E-state index contributed by atoms with van der Waals surface area (Å²) in [5.41, 5.74) is -0.940. The summed E-state index contributed by atoms with van der Waals surface area (Å²) >= 11 is 6.25. The first kappa shape index (κ1) is 22.8. The lowest BCUT2D eigenvalue weighted by Gasteiger charge is -2.25. The predicted octanol–water partition coefficient (Wildman–Crippen LogP) is 6.00. The lowest BCUT2D eigenvalue weighted by molar-refractivity contribution is -0.141. The number of hydrogen-bond donors (Lipinski definition) is 0. The molecule has 0 aliphatic carbocycles. The van der Waals surface area contributed by atoms with Gasteiger partial charge in [0, 0.05) is 16.6 Å². The molecule has 170 valence electrons. The van der Waals surface area contributed by atoms with Gasteiger partial charge in [0.1, 0.15) is 0 Å². The topological polar surface area (TPSA) is 56.5 Å². The Kier molecular flexibility index (Phi) is 5.65. The molecule has 4 rings (SSSR count). The second kappa shape index (κ2) is 8.18. The van der Waals surface area contributed by atoms with Crippen LogP contribution in [0.25, 0.3) is 17.1 Å². The second-order valence-corrected chi connectivity index (χ2v) is 8.11. The molecule has 0 fully saturated rings. The Labute approximate surface area is 189 Å². The summed E-state index contributed by atoms with van der Waals surface area (Å²) < 4.78 is 67.1. The van der Waals surface area contributed by atoms with Gasteiger partial charge in [0.05, 0.1) is 22.6 Å². The molecule has 0 amide bonds. The third-order valence-electron chi connectivity index (χ3n) is 5.01. The van der Waals surface area contributed by atoms with Crippen molar-refractivity contribution in [2.75, 3.05) is 0 Å². The van der Waals surface area contributed by atoms with Crippen LogP contribution >= 0.6 is 11.6 Å². The fraction of sp³-hybridized carbons (Fsp3) is 0.182. The van der Waals surface area contributed by atoms with Gasteiger partial charge in [0.2, 0.25) is 11.9 Å². The average molecular weight is 480 g/mol. The molecule has 4 heterocycles. The van der Waals surface area contributed by atoms with Crippen LogP contribution in [0.2, 0.25) is 5.02 Å². The maximum absolute atomic E-state index is 14.2. The van der Waals surface area contributed by atoms with Crippen molar-refractivity contribution in [3.8, 4) is 17.1 Å². The molecular formula is C22H15ClF5N5. The molecule has 0 bridgehead atoms. The van der Waals surface area contributed by atoms with Gasteiger partial charge < -0.3 is 0 Å². The number of hydrogen-bond acceptors (Lipinski definition) is 4. The normalized spacial score (nSPS) is 12.2. The maximum Gasteiger partial charge on any atom is 0.435 e. The van der Waals surface area contributed by atoms with Crippen LogP contribution in [0.3, 0.4) is 0 Å². The lowest BCUT2D eigenvalue weighted by atomic mass is 9.84. The van der Waals surface area contributed by atoms with E-state index in [2.05, 4.69) is 20.1 Å². The van der Waals surface area contributed by atoms with Crippen LogP contribution in [0, 0.1) is 11.9 Å². The molecule has 0 aromatic carbocycles. The molecule has 33 heavy (non-hydrogen) atoms. The van der Waals surface area contributed by atoms with Gasteiger partial charge in [-0.3, -0.25) is 4.98 Å². The Hall–Kier alpha value is -3.40. The minimum Gasteiger partial charge on any atom is -0.252 e. The van der Waals surface area contributed by atoms with Gasteiger partial charge in [-0.2, -0.15) is 32.0 Å². The number of aromatic nitrogens is 5. The Morgan fingerprint density at radius 1 is 0.848 bits per heavy atom. The molecule has 0 atom stereocenters. The van der Waals surface area contributed by atoms with Gasteiger partial charge >= 0.3 is 6.18 Å². The van der Waals surface area contributed by atoms with Crippen molar-refractivity contribution in [2.45, 2.75) is 25.4 Å².